The molecule has 2 amide bonds. The van der Waals surface area contributed by atoms with Gasteiger partial charge in [-0.1, -0.05) is 0 Å². The number of ether oxygens (including phenoxy) is 2. The molecule has 0 atom stereocenters. The van der Waals surface area contributed by atoms with Crippen LogP contribution in [0.3, 0.4) is 0 Å². The minimum absolute atomic E-state index is 0.0245. The van der Waals surface area contributed by atoms with Crippen LogP contribution >= 0.6 is 15.9 Å². The highest BCUT2D eigenvalue weighted by molar-refractivity contribution is 9.10. The molecule has 27 heavy (non-hydrogen) atoms. The lowest BCUT2D eigenvalue weighted by atomic mass is 10.1. The van der Waals surface area contributed by atoms with Crippen LogP contribution in [-0.4, -0.2) is 28.4 Å². The molecule has 0 spiro atoms. The number of anilines is 1. The molecule has 0 radical (unpaired) electrons. The average molecular weight is 441 g/mol. The summed E-state index contributed by atoms with van der Waals surface area (Å²) in [6.45, 7) is 10.1. The van der Waals surface area contributed by atoms with E-state index >= 15 is 0 Å². The second kappa shape index (κ2) is 7.42. The number of nitrogens with zero attached hydrogens (tertiary/aromatic N) is 2. The smallest absolute Gasteiger partial charge is 0.425 e. The van der Waals surface area contributed by atoms with Crippen LogP contribution in [-0.2, 0) is 9.47 Å². The maximum absolute atomic E-state index is 13.7. The zero-order chi connectivity index (χ0) is 20.6. The van der Waals surface area contributed by atoms with E-state index in [9.17, 15) is 14.0 Å². The van der Waals surface area contributed by atoms with Gasteiger partial charge in [-0.3, -0.25) is 0 Å². The summed E-state index contributed by atoms with van der Waals surface area (Å²) >= 11 is 3.27. The van der Waals surface area contributed by atoms with E-state index < -0.39 is 29.2 Å². The van der Waals surface area contributed by atoms with Gasteiger partial charge in [-0.15, -0.1) is 0 Å². The number of aromatic nitrogens is 1. The van der Waals surface area contributed by atoms with Gasteiger partial charge in [0.25, 0.3) is 0 Å². The van der Waals surface area contributed by atoms with Crippen LogP contribution in [0, 0.1) is 5.82 Å². The lowest BCUT2D eigenvalue weighted by Crippen LogP contribution is -2.44. The Morgan fingerprint density at radius 2 is 1.52 bits per heavy atom. The molecule has 0 fully saturated rings. The maximum atomic E-state index is 13.7. The predicted molar refractivity (Wildman–Crippen MR) is 104 cm³/mol. The number of benzene rings is 1. The van der Waals surface area contributed by atoms with Crippen molar-refractivity contribution in [1.29, 1.82) is 0 Å². The van der Waals surface area contributed by atoms with E-state index in [1.54, 1.807) is 41.5 Å². The Balaban J connectivity index is 2.53. The number of rotatable bonds is 1. The van der Waals surface area contributed by atoms with Crippen molar-refractivity contribution >= 4 is 44.7 Å². The molecule has 2 aromatic rings. The summed E-state index contributed by atoms with van der Waals surface area (Å²) in [6.07, 6.45) is -0.422. The number of carbonyl (C=O) groups excluding carboxylic acids is 2. The first-order valence-electron chi connectivity index (χ1n) is 8.28. The molecular formula is C19H22BrFN2O4. The van der Waals surface area contributed by atoms with Gasteiger partial charge in [-0.05, 0) is 81.1 Å². The van der Waals surface area contributed by atoms with Gasteiger partial charge in [-0.25, -0.2) is 19.0 Å². The van der Waals surface area contributed by atoms with Crippen molar-refractivity contribution < 1.29 is 23.5 Å². The number of imide groups is 1. The first-order chi connectivity index (χ1) is 12.3. The van der Waals surface area contributed by atoms with Gasteiger partial charge in [0.15, 0.2) is 0 Å². The molecule has 146 valence electrons. The first-order valence-corrected chi connectivity index (χ1v) is 9.07. The second-order valence-electron chi connectivity index (χ2n) is 7.95. The summed E-state index contributed by atoms with van der Waals surface area (Å²) in [5, 5.41) is 1.09. The summed E-state index contributed by atoms with van der Waals surface area (Å²) in [6, 6.07) is 4.02. The molecular weight excluding hydrogens is 419 g/mol. The van der Waals surface area contributed by atoms with E-state index in [0.717, 1.165) is 0 Å². The Kier molecular flexibility index (Phi) is 5.79. The van der Waals surface area contributed by atoms with E-state index in [4.69, 9.17) is 9.47 Å². The molecule has 2 rings (SSSR count). The largest absolute Gasteiger partial charge is 0.443 e. The number of hydrogen-bond donors (Lipinski definition) is 0. The van der Waals surface area contributed by atoms with E-state index in [2.05, 4.69) is 20.9 Å². The van der Waals surface area contributed by atoms with Gasteiger partial charge in [0.1, 0.15) is 22.8 Å². The molecule has 1 heterocycles. The molecule has 0 N–H and O–H groups in total. The lowest BCUT2D eigenvalue weighted by molar-refractivity contribution is 0.0429. The van der Waals surface area contributed by atoms with Crippen molar-refractivity contribution in [3.05, 3.63) is 34.7 Å². The normalized spacial score (nSPS) is 12.0. The number of hydrogen-bond acceptors (Lipinski definition) is 5. The highest BCUT2D eigenvalue weighted by Gasteiger charge is 2.33. The quantitative estimate of drug-likeness (QED) is 0.559. The molecule has 0 bridgehead atoms. The van der Waals surface area contributed by atoms with Crippen molar-refractivity contribution in [2.75, 3.05) is 4.90 Å². The van der Waals surface area contributed by atoms with Gasteiger partial charge in [0.05, 0.1) is 0 Å². The summed E-state index contributed by atoms with van der Waals surface area (Å²) < 4.78 is 24.9. The fraction of sp³-hybridized carbons (Fsp3) is 0.421. The van der Waals surface area contributed by atoms with E-state index in [1.165, 1.54) is 24.4 Å². The summed E-state index contributed by atoms with van der Waals surface area (Å²) in [7, 11) is 0. The molecule has 0 aliphatic heterocycles. The topological polar surface area (TPSA) is 68.7 Å². The Hall–Kier alpha value is -2.22. The van der Waals surface area contributed by atoms with Crippen molar-refractivity contribution in [3.63, 3.8) is 0 Å². The van der Waals surface area contributed by atoms with Crippen molar-refractivity contribution in [3.8, 4) is 0 Å². The Morgan fingerprint density at radius 3 is 2.00 bits per heavy atom. The van der Waals surface area contributed by atoms with Gasteiger partial charge < -0.3 is 9.47 Å². The fourth-order valence-electron chi connectivity index (χ4n) is 2.17. The van der Waals surface area contributed by atoms with Crippen molar-refractivity contribution in [2.45, 2.75) is 52.7 Å². The molecule has 0 saturated carbocycles. The number of fused-ring (bicyclic) bond motifs is 1. The number of carbonyl (C=O) groups is 2. The second-order valence-corrected chi connectivity index (χ2v) is 8.80. The Bertz CT molecular complexity index is 860. The van der Waals surface area contributed by atoms with Crippen LogP contribution in [0.25, 0.3) is 10.8 Å². The molecule has 8 heteroatoms. The minimum Gasteiger partial charge on any atom is -0.443 e. The molecule has 1 aromatic carbocycles. The third-order valence-electron chi connectivity index (χ3n) is 3.12. The highest BCUT2D eigenvalue weighted by Crippen LogP contribution is 2.29. The van der Waals surface area contributed by atoms with Crippen LogP contribution in [0.2, 0.25) is 0 Å². The third-order valence-corrected chi connectivity index (χ3v) is 3.77. The molecule has 1 aromatic heterocycles. The van der Waals surface area contributed by atoms with Gasteiger partial charge in [-0.2, -0.15) is 4.90 Å². The summed E-state index contributed by atoms with van der Waals surface area (Å²) in [5.41, 5.74) is -1.66. The zero-order valence-corrected chi connectivity index (χ0v) is 17.7. The predicted octanol–water partition coefficient (Wildman–Crippen LogP) is 5.81. The van der Waals surface area contributed by atoms with E-state index in [-0.39, 0.29) is 5.82 Å². The molecule has 0 aliphatic carbocycles. The van der Waals surface area contributed by atoms with E-state index in [1.807, 2.05) is 0 Å². The Morgan fingerprint density at radius 1 is 1.00 bits per heavy atom. The number of halogens is 2. The maximum Gasteiger partial charge on any atom is 0.425 e. The number of amides is 2. The number of pyridine rings is 1. The summed E-state index contributed by atoms with van der Waals surface area (Å²) in [4.78, 5) is 30.1. The minimum atomic E-state index is -0.931. The van der Waals surface area contributed by atoms with Crippen LogP contribution in [0.1, 0.15) is 41.5 Å². The molecule has 0 saturated heterocycles. The zero-order valence-electron chi connectivity index (χ0n) is 16.1. The first kappa shape index (κ1) is 21.1. The average Bonchev–Trinajstić information content (AvgIpc) is 2.42. The SMILES string of the molecule is CC(C)(C)OC(=O)N(C(=O)OC(C)(C)C)c1cc2cc(F)cc(Br)c2cn1. The van der Waals surface area contributed by atoms with E-state index in [0.29, 0.717) is 20.1 Å². The third kappa shape index (κ3) is 5.63. The van der Waals surface area contributed by atoms with Crippen LogP contribution in [0.15, 0.2) is 28.9 Å². The fourth-order valence-corrected chi connectivity index (χ4v) is 2.72. The van der Waals surface area contributed by atoms with Gasteiger partial charge >= 0.3 is 12.2 Å². The summed E-state index contributed by atoms with van der Waals surface area (Å²) in [5.74, 6) is -0.490. The standard InChI is InChI=1S/C19H22BrFN2O4/c1-18(2,3)26-16(24)23(17(25)27-19(4,5)6)15-8-11-7-12(21)9-14(20)13(11)10-22-15/h7-10H,1-6H3. The van der Waals surface area contributed by atoms with Crippen LogP contribution < -0.4 is 4.90 Å². The highest BCUT2D eigenvalue weighted by atomic mass is 79.9. The van der Waals surface area contributed by atoms with Crippen molar-refractivity contribution in [2.24, 2.45) is 0 Å². The van der Waals surface area contributed by atoms with Crippen LogP contribution in [0.4, 0.5) is 19.8 Å². The molecule has 6 nitrogen and oxygen atoms in total. The van der Waals surface area contributed by atoms with Crippen LogP contribution in [0.5, 0.6) is 0 Å². The molecule has 0 unspecified atom stereocenters. The van der Waals surface area contributed by atoms with Gasteiger partial charge in [0, 0.05) is 16.1 Å². The monoisotopic (exact) mass is 440 g/mol. The van der Waals surface area contributed by atoms with Crippen molar-refractivity contribution in [1.82, 2.24) is 4.98 Å². The Labute approximate surface area is 165 Å². The van der Waals surface area contributed by atoms with Gasteiger partial charge in [0.2, 0.25) is 0 Å². The lowest BCUT2D eigenvalue weighted by Gasteiger charge is -2.28. The molecule has 0 aliphatic rings.